The molecule has 0 saturated heterocycles. The number of nitrogens with zero attached hydrogens (tertiary/aromatic N) is 3. The first-order chi connectivity index (χ1) is 15.3. The average molecular weight is 457 g/mol. The minimum Gasteiger partial charge on any atom is -0.355 e. The van der Waals surface area contributed by atoms with Crippen molar-refractivity contribution in [1.29, 1.82) is 0 Å². The molecule has 0 aromatic heterocycles. The number of nitrogens with one attached hydrogen (secondary N) is 1. The van der Waals surface area contributed by atoms with Gasteiger partial charge in [-0.3, -0.25) is 9.59 Å². The van der Waals surface area contributed by atoms with Crippen LogP contribution in [0.4, 0.5) is 4.39 Å². The van der Waals surface area contributed by atoms with Crippen molar-refractivity contribution in [2.45, 2.75) is 52.1 Å². The fraction of sp³-hybridized carbons (Fsp3) is 0.458. The van der Waals surface area contributed by atoms with Crippen molar-refractivity contribution >= 4 is 28.7 Å². The number of carbonyl (C=O) groups is 2. The molecule has 3 aliphatic rings. The van der Waals surface area contributed by atoms with Gasteiger partial charge in [-0.25, -0.2) is 9.38 Å². The molecular weight excluding hydrogens is 427 g/mol. The number of hydrogen-bond donors (Lipinski definition) is 1. The van der Waals surface area contributed by atoms with Crippen LogP contribution in [0.1, 0.15) is 51.6 Å². The molecule has 2 heterocycles. The van der Waals surface area contributed by atoms with E-state index in [-0.39, 0.29) is 30.1 Å². The molecule has 1 atom stereocenters. The van der Waals surface area contributed by atoms with Gasteiger partial charge in [0.25, 0.3) is 5.91 Å². The molecular formula is C24H29FN4O2S. The number of halogens is 1. The number of aliphatic imine (C=N–C) groups is 1. The van der Waals surface area contributed by atoms with Crippen LogP contribution in [0, 0.1) is 11.7 Å². The van der Waals surface area contributed by atoms with Crippen LogP contribution in [0.2, 0.25) is 0 Å². The van der Waals surface area contributed by atoms with Crippen LogP contribution in [0.25, 0.3) is 0 Å². The third-order valence-electron chi connectivity index (χ3n) is 6.14. The molecule has 6 nitrogen and oxygen atoms in total. The number of benzene rings is 1. The maximum Gasteiger partial charge on any atom is 0.254 e. The summed E-state index contributed by atoms with van der Waals surface area (Å²) >= 11 is 1.45. The normalized spacial score (nSPS) is 20.2. The minimum atomic E-state index is -0.478. The molecule has 32 heavy (non-hydrogen) atoms. The number of rotatable bonds is 7. The maximum absolute atomic E-state index is 13.7. The maximum atomic E-state index is 13.7. The minimum absolute atomic E-state index is 0.0122. The molecule has 1 aliphatic carbocycles. The van der Waals surface area contributed by atoms with Crippen LogP contribution < -0.4 is 5.32 Å². The molecule has 0 spiro atoms. The largest absolute Gasteiger partial charge is 0.355 e. The monoisotopic (exact) mass is 456 g/mol. The van der Waals surface area contributed by atoms with Crippen molar-refractivity contribution in [3.05, 3.63) is 58.0 Å². The van der Waals surface area contributed by atoms with E-state index in [0.29, 0.717) is 23.7 Å². The van der Waals surface area contributed by atoms with Crippen LogP contribution in [-0.2, 0) is 9.59 Å². The fourth-order valence-electron chi connectivity index (χ4n) is 3.84. The standard InChI is InChI=1S/C24H29FN4O2S/c1-14(2)28(4)23(31)21-15(3)27-24-29(22(21)17-7-9-18(25)10-8-17)19(13-32-24)11-20(30)26-12-16-5-6-16/h7-10,13-14,16,22H,5-6,11-12H2,1-4H3,(H,26,30). The van der Waals surface area contributed by atoms with Gasteiger partial charge in [0, 0.05) is 25.3 Å². The molecule has 2 aliphatic heterocycles. The Hall–Kier alpha value is -2.61. The molecule has 4 rings (SSSR count). The number of hydrogen-bond acceptors (Lipinski definition) is 5. The van der Waals surface area contributed by atoms with Gasteiger partial charge in [-0.05, 0) is 62.6 Å². The third kappa shape index (κ3) is 4.60. The van der Waals surface area contributed by atoms with Gasteiger partial charge in [0.2, 0.25) is 5.91 Å². The zero-order valence-corrected chi connectivity index (χ0v) is 19.7. The predicted octanol–water partition coefficient (Wildman–Crippen LogP) is 4.18. The van der Waals surface area contributed by atoms with Crippen molar-refractivity contribution in [3.63, 3.8) is 0 Å². The second-order valence-corrected chi connectivity index (χ2v) is 9.72. The van der Waals surface area contributed by atoms with Gasteiger partial charge in [-0.2, -0.15) is 0 Å². The summed E-state index contributed by atoms with van der Waals surface area (Å²) in [6.07, 6.45) is 2.55. The highest BCUT2D eigenvalue weighted by Crippen LogP contribution is 2.45. The molecule has 8 heteroatoms. The van der Waals surface area contributed by atoms with E-state index in [1.54, 1.807) is 24.1 Å². The molecule has 2 amide bonds. The summed E-state index contributed by atoms with van der Waals surface area (Å²) in [6, 6.07) is 5.74. The summed E-state index contributed by atoms with van der Waals surface area (Å²) in [4.78, 5) is 34.5. The van der Waals surface area contributed by atoms with Crippen LogP contribution in [0.3, 0.4) is 0 Å². The van der Waals surface area contributed by atoms with Gasteiger partial charge in [0.1, 0.15) is 5.82 Å². The zero-order chi connectivity index (χ0) is 23.0. The Kier molecular flexibility index (Phi) is 6.42. The lowest BCUT2D eigenvalue weighted by Crippen LogP contribution is -2.42. The number of amidine groups is 1. The van der Waals surface area contributed by atoms with E-state index in [4.69, 9.17) is 4.99 Å². The quantitative estimate of drug-likeness (QED) is 0.668. The average Bonchev–Trinajstić information content (AvgIpc) is 3.51. The Labute approximate surface area is 192 Å². The van der Waals surface area contributed by atoms with E-state index in [2.05, 4.69) is 5.32 Å². The zero-order valence-electron chi connectivity index (χ0n) is 18.9. The topological polar surface area (TPSA) is 65.0 Å². The first-order valence-corrected chi connectivity index (χ1v) is 11.9. The van der Waals surface area contributed by atoms with Gasteiger partial charge in [0.15, 0.2) is 5.17 Å². The van der Waals surface area contributed by atoms with Crippen molar-refractivity contribution < 1.29 is 14.0 Å². The Balaban J connectivity index is 1.68. The van der Waals surface area contributed by atoms with E-state index in [1.807, 2.05) is 31.1 Å². The first kappa shape index (κ1) is 22.6. The van der Waals surface area contributed by atoms with Gasteiger partial charge in [-0.15, -0.1) is 0 Å². The number of carbonyl (C=O) groups excluding carboxylic acids is 2. The summed E-state index contributed by atoms with van der Waals surface area (Å²) in [7, 11) is 1.77. The summed E-state index contributed by atoms with van der Waals surface area (Å²) in [6.45, 7) is 6.46. The number of fused-ring (bicyclic) bond motifs is 1. The first-order valence-electron chi connectivity index (χ1n) is 11.0. The Morgan fingerprint density at radius 1 is 1.28 bits per heavy atom. The fourth-order valence-corrected chi connectivity index (χ4v) is 4.80. The molecule has 170 valence electrons. The molecule has 0 radical (unpaired) electrons. The molecule has 0 bridgehead atoms. The second kappa shape index (κ2) is 9.10. The van der Waals surface area contributed by atoms with Crippen LogP contribution in [0.5, 0.6) is 0 Å². The van der Waals surface area contributed by atoms with E-state index >= 15 is 0 Å². The summed E-state index contributed by atoms with van der Waals surface area (Å²) < 4.78 is 13.7. The highest BCUT2D eigenvalue weighted by molar-refractivity contribution is 8.16. The van der Waals surface area contributed by atoms with E-state index in [0.717, 1.165) is 16.4 Å². The Morgan fingerprint density at radius 2 is 1.97 bits per heavy atom. The van der Waals surface area contributed by atoms with Gasteiger partial charge in [-0.1, -0.05) is 23.9 Å². The molecule has 1 aromatic carbocycles. The van der Waals surface area contributed by atoms with Crippen molar-refractivity contribution in [2.24, 2.45) is 10.9 Å². The summed E-state index contributed by atoms with van der Waals surface area (Å²) in [5, 5.41) is 5.67. The van der Waals surface area contributed by atoms with Crippen LogP contribution in [0.15, 0.2) is 51.6 Å². The highest BCUT2D eigenvalue weighted by Gasteiger charge is 2.41. The van der Waals surface area contributed by atoms with Gasteiger partial charge in [0.05, 0.1) is 23.7 Å². The molecule has 1 saturated carbocycles. The highest BCUT2D eigenvalue weighted by atomic mass is 32.2. The molecule has 1 unspecified atom stereocenters. The predicted molar refractivity (Wildman–Crippen MR) is 125 cm³/mol. The number of likely N-dealkylation sites (N-methyl/N-ethyl adjacent to an activating group) is 1. The second-order valence-electron chi connectivity index (χ2n) is 8.88. The van der Waals surface area contributed by atoms with Gasteiger partial charge < -0.3 is 15.1 Å². The SMILES string of the molecule is CC1=C(C(=O)N(C)C(C)C)C(c2ccc(F)cc2)N2C(CC(=O)NCC3CC3)=CSC2=N1. The van der Waals surface area contributed by atoms with E-state index in [9.17, 15) is 14.0 Å². The molecule has 1 N–H and O–H groups in total. The van der Waals surface area contributed by atoms with E-state index < -0.39 is 6.04 Å². The lowest BCUT2D eigenvalue weighted by atomic mass is 9.92. The van der Waals surface area contributed by atoms with E-state index in [1.165, 1.54) is 36.7 Å². The Bertz CT molecular complexity index is 1010. The number of thioether (sulfide) groups is 1. The van der Waals surface area contributed by atoms with Crippen LogP contribution in [-0.4, -0.2) is 46.4 Å². The van der Waals surface area contributed by atoms with Crippen LogP contribution >= 0.6 is 11.8 Å². The summed E-state index contributed by atoms with van der Waals surface area (Å²) in [5.41, 5.74) is 2.76. The molecule has 1 aromatic rings. The summed E-state index contributed by atoms with van der Waals surface area (Å²) in [5.74, 6) is 0.106. The lowest BCUT2D eigenvalue weighted by Gasteiger charge is -2.38. The van der Waals surface area contributed by atoms with Crippen molar-refractivity contribution in [3.8, 4) is 0 Å². The lowest BCUT2D eigenvalue weighted by molar-refractivity contribution is -0.128. The van der Waals surface area contributed by atoms with Crippen molar-refractivity contribution in [2.75, 3.05) is 13.6 Å². The molecule has 1 fully saturated rings. The smallest absolute Gasteiger partial charge is 0.254 e. The Morgan fingerprint density at radius 3 is 2.59 bits per heavy atom. The van der Waals surface area contributed by atoms with Crippen molar-refractivity contribution in [1.82, 2.24) is 15.1 Å². The number of amides is 2. The van der Waals surface area contributed by atoms with Gasteiger partial charge >= 0.3 is 0 Å². The number of allylic oxidation sites excluding steroid dienone is 1. The third-order valence-corrected chi connectivity index (χ3v) is 7.03.